The molecule has 2 aromatic carbocycles. The number of fused-ring (bicyclic) bond motifs is 1. The van der Waals surface area contributed by atoms with Gasteiger partial charge in [-0.1, -0.05) is 23.7 Å². The van der Waals surface area contributed by atoms with Crippen LogP contribution >= 0.6 is 0 Å². The van der Waals surface area contributed by atoms with E-state index in [1.807, 2.05) is 0 Å². The number of carboxylic acid groups (broad SMARTS) is 2. The largest absolute Gasteiger partial charge is 0.481 e. The monoisotopic (exact) mass is 560 g/mol. The van der Waals surface area contributed by atoms with Gasteiger partial charge in [-0.25, -0.2) is 0 Å². The van der Waals surface area contributed by atoms with Crippen molar-refractivity contribution in [3.05, 3.63) is 58.7 Å². The second-order valence-electron chi connectivity index (χ2n) is 10.6. The molecule has 210 valence electrons. The third-order valence-electron chi connectivity index (χ3n) is 8.37. The third kappa shape index (κ3) is 6.00. The van der Waals surface area contributed by atoms with Crippen LogP contribution in [-0.2, 0) is 19.2 Å². The van der Waals surface area contributed by atoms with Crippen molar-refractivity contribution in [2.24, 2.45) is 35.5 Å². The fourth-order valence-corrected chi connectivity index (χ4v) is 6.23. The summed E-state index contributed by atoms with van der Waals surface area (Å²) in [7, 11) is 0. The fraction of sp³-hybridized carbons (Fsp3) is 0.294. The van der Waals surface area contributed by atoms with Crippen molar-refractivity contribution in [2.45, 2.75) is 25.7 Å². The quantitative estimate of drug-likeness (QED) is 0.399. The Bertz CT molecular complexity index is 1510. The predicted molar refractivity (Wildman–Crippen MR) is 157 cm³/mol. The number of carbonyl (C=O) groups is 4. The first kappa shape index (κ1) is 29.5. The highest BCUT2D eigenvalue weighted by atomic mass is 16.4. The van der Waals surface area contributed by atoms with Gasteiger partial charge in [-0.2, -0.15) is 0 Å². The Kier molecular flexibility index (Phi) is 8.71. The van der Waals surface area contributed by atoms with Crippen molar-refractivity contribution in [1.29, 1.82) is 0 Å². The number of carboxylic acids is 2. The third-order valence-corrected chi connectivity index (χ3v) is 8.37. The van der Waals surface area contributed by atoms with E-state index in [9.17, 15) is 29.4 Å². The second kappa shape index (κ2) is 12.4. The molecule has 0 spiro atoms. The first-order valence-electron chi connectivity index (χ1n) is 13.3. The molecule has 2 amide bonds. The lowest BCUT2D eigenvalue weighted by atomic mass is 9.58. The lowest BCUT2D eigenvalue weighted by molar-refractivity contribution is -0.156. The predicted octanol–water partition coefficient (Wildman–Crippen LogP) is 3.64. The Balaban J connectivity index is 1.57. The molecule has 0 saturated heterocycles. The van der Waals surface area contributed by atoms with Crippen molar-refractivity contribution in [3.63, 3.8) is 0 Å². The van der Waals surface area contributed by atoms with E-state index in [1.165, 1.54) is 0 Å². The zero-order chi connectivity index (χ0) is 30.6. The minimum absolute atomic E-state index is 0.114. The molecular formula is C34H28N2O6. The molecule has 0 heterocycles. The van der Waals surface area contributed by atoms with E-state index in [4.69, 9.17) is 25.7 Å². The number of hydrogen-bond donors (Lipinski definition) is 4. The molecule has 2 aliphatic carbocycles. The molecule has 8 heteroatoms. The van der Waals surface area contributed by atoms with E-state index in [0.717, 1.165) is 0 Å². The lowest BCUT2D eigenvalue weighted by Gasteiger charge is -2.45. The van der Waals surface area contributed by atoms with Crippen LogP contribution in [0.3, 0.4) is 0 Å². The molecular weight excluding hydrogens is 532 g/mol. The summed E-state index contributed by atoms with van der Waals surface area (Å²) in [5, 5.41) is 25.6. The summed E-state index contributed by atoms with van der Waals surface area (Å²) in [5.74, 6) is 2.02. The highest BCUT2D eigenvalue weighted by Crippen LogP contribution is 2.49. The van der Waals surface area contributed by atoms with Gasteiger partial charge in [0.15, 0.2) is 0 Å². The van der Waals surface area contributed by atoms with Gasteiger partial charge in [0.25, 0.3) is 0 Å². The molecule has 2 aromatic rings. The first-order chi connectivity index (χ1) is 20.1. The summed E-state index contributed by atoms with van der Waals surface area (Å²) in [5.41, 5.74) is 2.36. The molecule has 8 nitrogen and oxygen atoms in total. The number of amides is 2. The van der Waals surface area contributed by atoms with Crippen LogP contribution in [-0.4, -0.2) is 34.0 Å². The van der Waals surface area contributed by atoms with E-state index in [0.29, 0.717) is 33.6 Å². The van der Waals surface area contributed by atoms with Crippen LogP contribution in [0.15, 0.2) is 36.4 Å². The van der Waals surface area contributed by atoms with Gasteiger partial charge < -0.3 is 20.8 Å². The lowest BCUT2D eigenvalue weighted by Crippen LogP contribution is -2.48. The molecule has 2 saturated carbocycles. The van der Waals surface area contributed by atoms with Crippen LogP contribution in [0.25, 0.3) is 0 Å². The number of anilines is 2. The maximum Gasteiger partial charge on any atom is 0.307 e. The van der Waals surface area contributed by atoms with Gasteiger partial charge in [-0.05, 0) is 73.9 Å². The standard InChI is InChI=1S/C34H28N2O6/c1-5-19-9-11-21(7-3)29(13-19)35-31(37)25-15-23-18-28(34(41)42)26(16-24(23)17-27(25)33(39)40)32(38)36-30-14-20(6-2)10-12-22(30)8-4/h1-4,9-14,23-28H,15-18H2,(H,35,37)(H,36,38)(H,39,40)(H,41,42). The first-order valence-corrected chi connectivity index (χ1v) is 13.3. The molecule has 0 aliphatic heterocycles. The summed E-state index contributed by atoms with van der Waals surface area (Å²) in [6.07, 6.45) is 22.6. The van der Waals surface area contributed by atoms with Crippen LogP contribution in [0.4, 0.5) is 11.4 Å². The van der Waals surface area contributed by atoms with Crippen LogP contribution < -0.4 is 10.6 Å². The topological polar surface area (TPSA) is 133 Å². The van der Waals surface area contributed by atoms with E-state index in [1.54, 1.807) is 36.4 Å². The SMILES string of the molecule is C#Cc1ccc(C#C)c(NC(=O)C2CC3CC(C(=O)O)C(C(=O)Nc4cc(C#C)ccc4C#C)CC3CC2C(=O)O)c1. The number of benzene rings is 2. The zero-order valence-electron chi connectivity index (χ0n) is 22.6. The van der Waals surface area contributed by atoms with Gasteiger partial charge in [-0.3, -0.25) is 19.2 Å². The van der Waals surface area contributed by atoms with Crippen molar-refractivity contribution >= 4 is 35.1 Å². The van der Waals surface area contributed by atoms with Gasteiger partial charge in [0.2, 0.25) is 11.8 Å². The Labute approximate surface area is 244 Å². The smallest absolute Gasteiger partial charge is 0.307 e. The summed E-state index contributed by atoms with van der Waals surface area (Å²) in [6.45, 7) is 0. The number of aliphatic carboxylic acids is 2. The maximum atomic E-state index is 13.4. The number of nitrogens with one attached hydrogen (secondary N) is 2. The molecule has 0 radical (unpaired) electrons. The molecule has 0 aromatic heterocycles. The molecule has 2 aliphatic rings. The van der Waals surface area contributed by atoms with Crippen molar-refractivity contribution < 1.29 is 29.4 Å². The van der Waals surface area contributed by atoms with E-state index >= 15 is 0 Å². The minimum atomic E-state index is -1.14. The molecule has 6 unspecified atom stereocenters. The van der Waals surface area contributed by atoms with Crippen LogP contribution in [0.5, 0.6) is 0 Å². The average molecular weight is 561 g/mol. The number of carbonyl (C=O) groups excluding carboxylic acids is 2. The number of rotatable bonds is 6. The van der Waals surface area contributed by atoms with Gasteiger partial charge in [0.05, 0.1) is 35.0 Å². The Morgan fingerprint density at radius 3 is 1.26 bits per heavy atom. The van der Waals surface area contributed by atoms with E-state index in [2.05, 4.69) is 34.3 Å². The second-order valence-corrected chi connectivity index (χ2v) is 10.6. The Morgan fingerprint density at radius 1 is 0.595 bits per heavy atom. The van der Waals surface area contributed by atoms with Crippen LogP contribution in [0.2, 0.25) is 0 Å². The highest BCUT2D eigenvalue weighted by Gasteiger charge is 2.51. The zero-order valence-corrected chi connectivity index (χ0v) is 22.6. The van der Waals surface area contributed by atoms with Gasteiger partial charge in [0.1, 0.15) is 0 Å². The molecule has 4 N–H and O–H groups in total. The maximum absolute atomic E-state index is 13.4. The van der Waals surface area contributed by atoms with Crippen LogP contribution in [0.1, 0.15) is 47.9 Å². The van der Waals surface area contributed by atoms with Gasteiger partial charge in [-0.15, -0.1) is 25.7 Å². The van der Waals surface area contributed by atoms with E-state index < -0.39 is 47.4 Å². The number of terminal acetylenes is 4. The summed E-state index contributed by atoms with van der Waals surface area (Å²) < 4.78 is 0. The Morgan fingerprint density at radius 2 is 0.952 bits per heavy atom. The molecule has 4 rings (SSSR count). The van der Waals surface area contributed by atoms with Gasteiger partial charge in [0, 0.05) is 22.3 Å². The van der Waals surface area contributed by atoms with Crippen LogP contribution in [0, 0.1) is 84.9 Å². The average Bonchev–Trinajstić information content (AvgIpc) is 2.99. The molecule has 0 bridgehead atoms. The minimum Gasteiger partial charge on any atom is -0.481 e. The number of hydrogen-bond acceptors (Lipinski definition) is 4. The molecule has 2 fully saturated rings. The van der Waals surface area contributed by atoms with Crippen molar-refractivity contribution in [1.82, 2.24) is 0 Å². The van der Waals surface area contributed by atoms with E-state index in [-0.39, 0.29) is 37.5 Å². The van der Waals surface area contributed by atoms with Crippen molar-refractivity contribution in [2.75, 3.05) is 10.6 Å². The Hall–Kier alpha value is -5.44. The summed E-state index contributed by atoms with van der Waals surface area (Å²) >= 11 is 0. The van der Waals surface area contributed by atoms with Crippen molar-refractivity contribution in [3.8, 4) is 49.4 Å². The molecule has 42 heavy (non-hydrogen) atoms. The summed E-state index contributed by atoms with van der Waals surface area (Å²) in [4.78, 5) is 51.5. The normalized spacial score (nSPS) is 24.3. The highest BCUT2D eigenvalue weighted by molar-refractivity contribution is 5.97. The molecule has 6 atom stereocenters. The van der Waals surface area contributed by atoms with Gasteiger partial charge >= 0.3 is 11.9 Å². The summed E-state index contributed by atoms with van der Waals surface area (Å²) in [6, 6.07) is 9.55. The fourth-order valence-electron chi connectivity index (χ4n) is 6.23.